The summed E-state index contributed by atoms with van der Waals surface area (Å²) in [6, 6.07) is 16.3. The van der Waals surface area contributed by atoms with Crippen LogP contribution in [0.4, 0.5) is 0 Å². The van der Waals surface area contributed by atoms with Gasteiger partial charge in [-0.05, 0) is 45.3 Å². The second-order valence-electron chi connectivity index (χ2n) is 5.23. The molecule has 0 amide bonds. The summed E-state index contributed by atoms with van der Waals surface area (Å²) in [6.45, 7) is 0.820. The van der Waals surface area contributed by atoms with Gasteiger partial charge in [0.05, 0.1) is 11.4 Å². The van der Waals surface area contributed by atoms with Gasteiger partial charge in [0.25, 0.3) is 0 Å². The van der Waals surface area contributed by atoms with Crippen molar-refractivity contribution in [1.82, 2.24) is 14.5 Å². The minimum absolute atomic E-state index is 0.223. The molecular weight excluding hydrogens is 390 g/mol. The maximum absolute atomic E-state index is 12.5. The Morgan fingerprint density at radius 2 is 1.71 bits per heavy atom. The minimum atomic E-state index is -3.59. The van der Waals surface area contributed by atoms with E-state index in [1.165, 1.54) is 0 Å². The van der Waals surface area contributed by atoms with Gasteiger partial charge < -0.3 is 0 Å². The number of hydrogen-bond donors (Lipinski definition) is 1. The lowest BCUT2D eigenvalue weighted by atomic mass is 10.1. The van der Waals surface area contributed by atoms with Crippen molar-refractivity contribution in [2.45, 2.75) is 18.0 Å². The van der Waals surface area contributed by atoms with Crippen molar-refractivity contribution in [3.05, 3.63) is 82.6 Å². The van der Waals surface area contributed by atoms with Crippen LogP contribution in [0.3, 0.4) is 0 Å². The fraction of sp³-hybridized carbons (Fsp3) is 0.118. The Labute approximate surface area is 149 Å². The van der Waals surface area contributed by atoms with Gasteiger partial charge in [0.2, 0.25) is 10.0 Å². The monoisotopic (exact) mass is 405 g/mol. The summed E-state index contributed by atoms with van der Waals surface area (Å²) >= 11 is 3.28. The van der Waals surface area contributed by atoms with Gasteiger partial charge in [-0.3, -0.25) is 4.68 Å². The van der Waals surface area contributed by atoms with Crippen LogP contribution in [0.2, 0.25) is 0 Å². The molecule has 0 saturated heterocycles. The Hall–Kier alpha value is -1.96. The van der Waals surface area contributed by atoms with E-state index in [1.807, 2.05) is 36.5 Å². The number of benzene rings is 2. The predicted molar refractivity (Wildman–Crippen MR) is 95.9 cm³/mol. The molecule has 0 aliphatic rings. The minimum Gasteiger partial charge on any atom is -0.268 e. The molecule has 7 heteroatoms. The van der Waals surface area contributed by atoms with Crippen LogP contribution in [-0.4, -0.2) is 18.2 Å². The first-order valence-corrected chi connectivity index (χ1v) is 9.62. The van der Waals surface area contributed by atoms with Crippen LogP contribution in [-0.2, 0) is 23.1 Å². The molecule has 0 radical (unpaired) electrons. The molecule has 0 fully saturated rings. The highest BCUT2D eigenvalue weighted by Crippen LogP contribution is 2.21. The third-order valence-corrected chi connectivity index (χ3v) is 6.00. The van der Waals surface area contributed by atoms with Gasteiger partial charge in [0, 0.05) is 23.4 Å². The molecule has 5 nitrogen and oxygen atoms in total. The summed E-state index contributed by atoms with van der Waals surface area (Å²) in [5, 5.41) is 4.19. The van der Waals surface area contributed by atoms with Crippen molar-refractivity contribution in [2.24, 2.45) is 0 Å². The second-order valence-corrected chi connectivity index (χ2v) is 7.82. The van der Waals surface area contributed by atoms with Crippen molar-refractivity contribution < 1.29 is 8.42 Å². The molecule has 1 heterocycles. The van der Waals surface area contributed by atoms with Gasteiger partial charge in [-0.1, -0.05) is 36.4 Å². The quantitative estimate of drug-likeness (QED) is 0.684. The van der Waals surface area contributed by atoms with E-state index in [1.54, 1.807) is 35.1 Å². The van der Waals surface area contributed by atoms with E-state index in [0.29, 0.717) is 11.0 Å². The molecule has 124 valence electrons. The first kappa shape index (κ1) is 16.9. The molecule has 0 saturated carbocycles. The molecule has 3 rings (SSSR count). The number of sulfonamides is 1. The summed E-state index contributed by atoms with van der Waals surface area (Å²) < 4.78 is 30.0. The maximum Gasteiger partial charge on any atom is 0.241 e. The van der Waals surface area contributed by atoms with Gasteiger partial charge in [-0.15, -0.1) is 0 Å². The van der Waals surface area contributed by atoms with Gasteiger partial charge >= 0.3 is 0 Å². The van der Waals surface area contributed by atoms with E-state index in [-0.39, 0.29) is 11.4 Å². The predicted octanol–water partition coefficient (Wildman–Crippen LogP) is 3.17. The van der Waals surface area contributed by atoms with Gasteiger partial charge in [-0.2, -0.15) is 5.10 Å². The van der Waals surface area contributed by atoms with Crippen molar-refractivity contribution in [3.8, 4) is 0 Å². The fourth-order valence-electron chi connectivity index (χ4n) is 2.37. The zero-order chi connectivity index (χ0) is 17.0. The highest BCUT2D eigenvalue weighted by atomic mass is 79.9. The largest absolute Gasteiger partial charge is 0.268 e. The number of nitrogens with zero attached hydrogens (tertiary/aromatic N) is 2. The zero-order valence-corrected chi connectivity index (χ0v) is 15.2. The number of hydrogen-bond acceptors (Lipinski definition) is 3. The number of halogens is 1. The third kappa shape index (κ3) is 3.92. The Morgan fingerprint density at radius 3 is 2.42 bits per heavy atom. The SMILES string of the molecule is O=S(=O)(NCc1ccccc1Cn1cccn1)c1ccccc1Br. The van der Waals surface area contributed by atoms with E-state index in [9.17, 15) is 8.42 Å². The summed E-state index contributed by atoms with van der Waals surface area (Å²) in [6.07, 6.45) is 3.60. The Bertz CT molecular complexity index is 925. The fourth-order valence-corrected chi connectivity index (χ4v) is 4.37. The van der Waals surface area contributed by atoms with Crippen LogP contribution >= 0.6 is 15.9 Å². The molecule has 3 aromatic rings. The first-order chi connectivity index (χ1) is 11.6. The standard InChI is InChI=1S/C17H16BrN3O2S/c18-16-8-3-4-9-17(16)24(22,23)20-12-14-6-1-2-7-15(14)13-21-11-5-10-19-21/h1-11,20H,12-13H2. The van der Waals surface area contributed by atoms with Crippen molar-refractivity contribution in [1.29, 1.82) is 0 Å². The average molecular weight is 406 g/mol. The molecule has 1 aromatic heterocycles. The third-order valence-electron chi connectivity index (χ3n) is 3.59. The maximum atomic E-state index is 12.5. The van der Waals surface area contributed by atoms with E-state index < -0.39 is 10.0 Å². The highest BCUT2D eigenvalue weighted by molar-refractivity contribution is 9.10. The number of rotatable bonds is 6. The van der Waals surface area contributed by atoms with Crippen LogP contribution in [0.15, 0.2) is 76.4 Å². The molecule has 1 N–H and O–H groups in total. The summed E-state index contributed by atoms with van der Waals surface area (Å²) in [5.41, 5.74) is 1.94. The van der Waals surface area contributed by atoms with E-state index in [2.05, 4.69) is 25.8 Å². The van der Waals surface area contributed by atoms with Crippen molar-refractivity contribution in [2.75, 3.05) is 0 Å². The summed E-state index contributed by atoms with van der Waals surface area (Å²) in [5.74, 6) is 0. The molecule has 0 spiro atoms. The topological polar surface area (TPSA) is 64.0 Å². The van der Waals surface area contributed by atoms with E-state index in [4.69, 9.17) is 0 Å². The molecule has 0 aliphatic heterocycles. The van der Waals surface area contributed by atoms with Crippen molar-refractivity contribution in [3.63, 3.8) is 0 Å². The Morgan fingerprint density at radius 1 is 1.00 bits per heavy atom. The van der Waals surface area contributed by atoms with E-state index >= 15 is 0 Å². The van der Waals surface area contributed by atoms with E-state index in [0.717, 1.165) is 11.1 Å². The molecular formula is C17H16BrN3O2S. The summed E-state index contributed by atoms with van der Waals surface area (Å²) in [7, 11) is -3.59. The van der Waals surface area contributed by atoms with Crippen LogP contribution < -0.4 is 4.72 Å². The molecule has 0 aliphatic carbocycles. The average Bonchev–Trinajstić information content (AvgIpc) is 3.07. The Balaban J connectivity index is 1.79. The van der Waals surface area contributed by atoms with Crippen LogP contribution in [0.5, 0.6) is 0 Å². The normalized spacial score (nSPS) is 11.5. The van der Waals surface area contributed by atoms with Crippen LogP contribution in [0.25, 0.3) is 0 Å². The number of aromatic nitrogens is 2. The lowest BCUT2D eigenvalue weighted by Gasteiger charge is -2.12. The summed E-state index contributed by atoms with van der Waals surface area (Å²) in [4.78, 5) is 0.231. The number of nitrogens with one attached hydrogen (secondary N) is 1. The first-order valence-electron chi connectivity index (χ1n) is 7.35. The molecule has 0 atom stereocenters. The lowest BCUT2D eigenvalue weighted by Crippen LogP contribution is -2.24. The van der Waals surface area contributed by atoms with Crippen LogP contribution in [0.1, 0.15) is 11.1 Å². The van der Waals surface area contributed by atoms with Crippen molar-refractivity contribution >= 4 is 26.0 Å². The molecule has 0 bridgehead atoms. The van der Waals surface area contributed by atoms with Gasteiger partial charge in [0.1, 0.15) is 0 Å². The smallest absolute Gasteiger partial charge is 0.241 e. The molecule has 2 aromatic carbocycles. The van der Waals surface area contributed by atoms with Gasteiger partial charge in [0.15, 0.2) is 0 Å². The Kier molecular flexibility index (Phi) is 5.13. The zero-order valence-electron chi connectivity index (χ0n) is 12.8. The lowest BCUT2D eigenvalue weighted by molar-refractivity contribution is 0.580. The second kappa shape index (κ2) is 7.29. The molecule has 24 heavy (non-hydrogen) atoms. The van der Waals surface area contributed by atoms with Gasteiger partial charge in [-0.25, -0.2) is 13.1 Å². The highest BCUT2D eigenvalue weighted by Gasteiger charge is 2.17. The van der Waals surface area contributed by atoms with Crippen LogP contribution in [0, 0.1) is 0 Å². The molecule has 0 unspecified atom stereocenters.